The Morgan fingerprint density at radius 1 is 1.15 bits per heavy atom. The second-order valence-corrected chi connectivity index (χ2v) is 5.02. The van der Waals surface area contributed by atoms with Crippen molar-refractivity contribution in [2.24, 2.45) is 0 Å². The fraction of sp³-hybridized carbons (Fsp3) is 0. The first-order valence-corrected chi connectivity index (χ1v) is 6.57. The summed E-state index contributed by atoms with van der Waals surface area (Å²) < 4.78 is 19.6. The minimum absolute atomic E-state index is 0.0497. The molecule has 1 N–H and O–H groups in total. The fourth-order valence-electron chi connectivity index (χ4n) is 1.97. The van der Waals surface area contributed by atoms with Gasteiger partial charge in [-0.25, -0.2) is 4.39 Å². The zero-order chi connectivity index (χ0) is 14.3. The van der Waals surface area contributed by atoms with Crippen LogP contribution in [0.3, 0.4) is 0 Å². The van der Waals surface area contributed by atoms with Crippen LogP contribution in [0.1, 0.15) is 0 Å². The maximum absolute atomic E-state index is 13.8. The van der Waals surface area contributed by atoms with Crippen LogP contribution in [-0.2, 0) is 0 Å². The van der Waals surface area contributed by atoms with E-state index < -0.39 is 5.82 Å². The Morgan fingerprint density at radius 3 is 2.65 bits per heavy atom. The summed E-state index contributed by atoms with van der Waals surface area (Å²) in [7, 11) is 0. The SMILES string of the molecule is O=c1cc(-c2ccccc2F)oc2c(Br)c(O)ccc12. The quantitative estimate of drug-likeness (QED) is 0.729. The minimum atomic E-state index is -0.480. The Hall–Kier alpha value is -2.14. The number of phenols is 1. The van der Waals surface area contributed by atoms with E-state index in [0.717, 1.165) is 0 Å². The molecule has 1 heterocycles. The molecule has 0 aliphatic rings. The van der Waals surface area contributed by atoms with E-state index in [1.807, 2.05) is 0 Å². The molecule has 0 atom stereocenters. The lowest BCUT2D eigenvalue weighted by Crippen LogP contribution is -2.01. The zero-order valence-corrected chi connectivity index (χ0v) is 11.6. The average molecular weight is 335 g/mol. The van der Waals surface area contributed by atoms with Crippen molar-refractivity contribution in [2.75, 3.05) is 0 Å². The lowest BCUT2D eigenvalue weighted by molar-refractivity contribution is 0.470. The highest BCUT2D eigenvalue weighted by molar-refractivity contribution is 9.10. The number of hydrogen-bond acceptors (Lipinski definition) is 3. The molecular weight excluding hydrogens is 327 g/mol. The maximum atomic E-state index is 13.8. The van der Waals surface area contributed by atoms with E-state index in [0.29, 0.717) is 5.39 Å². The van der Waals surface area contributed by atoms with Crippen LogP contribution >= 0.6 is 15.9 Å². The zero-order valence-electron chi connectivity index (χ0n) is 10.1. The fourth-order valence-corrected chi connectivity index (χ4v) is 2.40. The Morgan fingerprint density at radius 2 is 1.90 bits per heavy atom. The predicted octanol–water partition coefficient (Wildman–Crippen LogP) is 4.07. The number of halogens is 2. The lowest BCUT2D eigenvalue weighted by atomic mass is 10.1. The molecule has 0 saturated carbocycles. The molecule has 0 amide bonds. The van der Waals surface area contributed by atoms with Crippen molar-refractivity contribution in [1.29, 1.82) is 0 Å². The van der Waals surface area contributed by atoms with Gasteiger partial charge in [0.1, 0.15) is 21.8 Å². The van der Waals surface area contributed by atoms with Gasteiger partial charge in [-0.3, -0.25) is 4.79 Å². The van der Waals surface area contributed by atoms with Crippen LogP contribution in [0.25, 0.3) is 22.3 Å². The van der Waals surface area contributed by atoms with Crippen molar-refractivity contribution in [2.45, 2.75) is 0 Å². The number of rotatable bonds is 1. The van der Waals surface area contributed by atoms with Gasteiger partial charge in [0.05, 0.1) is 10.9 Å². The highest BCUT2D eigenvalue weighted by Crippen LogP contribution is 2.33. The number of phenolic OH excluding ortho intramolecular Hbond substituents is 1. The van der Waals surface area contributed by atoms with Gasteiger partial charge in [-0.15, -0.1) is 0 Å². The number of fused-ring (bicyclic) bond motifs is 1. The highest BCUT2D eigenvalue weighted by atomic mass is 79.9. The van der Waals surface area contributed by atoms with Gasteiger partial charge in [0.15, 0.2) is 11.0 Å². The maximum Gasteiger partial charge on any atom is 0.193 e. The van der Waals surface area contributed by atoms with Crippen LogP contribution in [0, 0.1) is 5.82 Å². The highest BCUT2D eigenvalue weighted by Gasteiger charge is 2.14. The van der Waals surface area contributed by atoms with Crippen LogP contribution in [0.15, 0.2) is 56.1 Å². The monoisotopic (exact) mass is 334 g/mol. The summed E-state index contributed by atoms with van der Waals surface area (Å²) in [5.41, 5.74) is 0.0858. The lowest BCUT2D eigenvalue weighted by Gasteiger charge is -2.06. The van der Waals surface area contributed by atoms with Crippen LogP contribution in [0.4, 0.5) is 4.39 Å². The first kappa shape index (κ1) is 12.9. The molecule has 0 aliphatic heterocycles. The van der Waals surface area contributed by atoms with Crippen LogP contribution < -0.4 is 5.43 Å². The van der Waals surface area contributed by atoms with Crippen molar-refractivity contribution < 1.29 is 13.9 Å². The first-order valence-electron chi connectivity index (χ1n) is 5.78. The normalized spacial score (nSPS) is 10.9. The molecule has 100 valence electrons. The Balaban J connectivity index is 2.38. The van der Waals surface area contributed by atoms with Gasteiger partial charge in [-0.2, -0.15) is 0 Å². The minimum Gasteiger partial charge on any atom is -0.507 e. The Labute approximate surface area is 121 Å². The molecule has 0 aliphatic carbocycles. The molecule has 3 rings (SSSR count). The molecule has 5 heteroatoms. The molecule has 20 heavy (non-hydrogen) atoms. The molecule has 0 spiro atoms. The average Bonchev–Trinajstić information content (AvgIpc) is 2.43. The van der Waals surface area contributed by atoms with E-state index in [-0.39, 0.29) is 32.6 Å². The molecule has 3 aromatic rings. The van der Waals surface area contributed by atoms with Crippen LogP contribution in [-0.4, -0.2) is 5.11 Å². The van der Waals surface area contributed by atoms with Crippen molar-refractivity contribution in [3.63, 3.8) is 0 Å². The summed E-state index contributed by atoms with van der Waals surface area (Å²) in [5.74, 6) is -0.412. The van der Waals surface area contributed by atoms with Gasteiger partial charge in [0.2, 0.25) is 0 Å². The standard InChI is InChI=1S/C15H8BrFO3/c16-14-11(18)6-5-9-12(19)7-13(20-15(9)14)8-3-1-2-4-10(8)17/h1-7,18H. The van der Waals surface area contributed by atoms with E-state index >= 15 is 0 Å². The number of benzene rings is 2. The van der Waals surface area contributed by atoms with Gasteiger partial charge in [0, 0.05) is 6.07 Å². The van der Waals surface area contributed by atoms with Crippen molar-refractivity contribution in [3.05, 3.63) is 63.0 Å². The van der Waals surface area contributed by atoms with Crippen LogP contribution in [0.2, 0.25) is 0 Å². The molecule has 0 radical (unpaired) electrons. The summed E-state index contributed by atoms with van der Waals surface area (Å²) in [4.78, 5) is 12.1. The molecule has 3 nitrogen and oxygen atoms in total. The summed E-state index contributed by atoms with van der Waals surface area (Å²) in [6, 6.07) is 10.1. The van der Waals surface area contributed by atoms with Crippen LogP contribution in [0.5, 0.6) is 5.75 Å². The second-order valence-electron chi connectivity index (χ2n) is 4.23. The van der Waals surface area contributed by atoms with E-state index in [4.69, 9.17) is 4.42 Å². The third kappa shape index (κ3) is 2.00. The van der Waals surface area contributed by atoms with Crippen molar-refractivity contribution >= 4 is 26.9 Å². The molecule has 0 bridgehead atoms. The van der Waals surface area contributed by atoms with Crippen molar-refractivity contribution in [3.8, 4) is 17.1 Å². The molecule has 1 aromatic heterocycles. The van der Waals surface area contributed by atoms with E-state index in [1.54, 1.807) is 12.1 Å². The largest absolute Gasteiger partial charge is 0.507 e. The molecular formula is C15H8BrFO3. The smallest absolute Gasteiger partial charge is 0.193 e. The van der Waals surface area contributed by atoms with E-state index in [1.165, 1.54) is 30.3 Å². The van der Waals surface area contributed by atoms with Gasteiger partial charge in [-0.1, -0.05) is 12.1 Å². The Bertz CT molecular complexity index is 871. The predicted molar refractivity (Wildman–Crippen MR) is 77.2 cm³/mol. The number of aromatic hydroxyl groups is 1. The third-order valence-electron chi connectivity index (χ3n) is 2.96. The molecule has 0 fully saturated rings. The molecule has 2 aromatic carbocycles. The van der Waals surface area contributed by atoms with Gasteiger partial charge in [0.25, 0.3) is 0 Å². The summed E-state index contributed by atoms with van der Waals surface area (Å²) >= 11 is 3.16. The van der Waals surface area contributed by atoms with Gasteiger partial charge < -0.3 is 9.52 Å². The summed E-state index contributed by atoms with van der Waals surface area (Å²) in [6.07, 6.45) is 0. The van der Waals surface area contributed by atoms with Gasteiger partial charge >= 0.3 is 0 Å². The van der Waals surface area contributed by atoms with Crippen molar-refractivity contribution in [1.82, 2.24) is 0 Å². The summed E-state index contributed by atoms with van der Waals surface area (Å²) in [6.45, 7) is 0. The molecule has 0 saturated heterocycles. The molecule has 0 unspecified atom stereocenters. The summed E-state index contributed by atoms with van der Waals surface area (Å²) in [5, 5.41) is 9.96. The van der Waals surface area contributed by atoms with E-state index in [9.17, 15) is 14.3 Å². The second kappa shape index (κ2) is 4.76. The van der Waals surface area contributed by atoms with E-state index in [2.05, 4.69) is 15.9 Å². The topological polar surface area (TPSA) is 50.4 Å². The first-order chi connectivity index (χ1) is 9.58. The van der Waals surface area contributed by atoms with Gasteiger partial charge in [-0.05, 0) is 40.2 Å². The third-order valence-corrected chi connectivity index (χ3v) is 3.72. The Kier molecular flexibility index (Phi) is 3.06. The number of hydrogen-bond donors (Lipinski definition) is 1.